The molecule has 0 spiro atoms. The van der Waals surface area contributed by atoms with Crippen molar-refractivity contribution in [2.45, 2.75) is 69.2 Å². The number of carbonyl (C=O) groups excluding carboxylic acids is 3. The molecule has 0 radical (unpaired) electrons. The molecule has 0 heterocycles. The van der Waals surface area contributed by atoms with Crippen LogP contribution in [0, 0.1) is 5.92 Å². The summed E-state index contributed by atoms with van der Waals surface area (Å²) in [7, 11) is -3.63. The lowest BCUT2D eigenvalue weighted by Gasteiger charge is -2.32. The predicted molar refractivity (Wildman–Crippen MR) is 154 cm³/mol. The quantitative estimate of drug-likeness (QED) is 0.329. The molecule has 3 N–H and O–H groups in total. The molecule has 2 aromatic rings. The highest BCUT2D eigenvalue weighted by molar-refractivity contribution is 9.10. The van der Waals surface area contributed by atoms with Crippen molar-refractivity contribution < 1.29 is 40.7 Å². The fraction of sp³-hybridized carbons (Fsp3) is 0.464. The standard InChI is InChI=1S/C28H33BrF3N3O6S/c1-27(2,3)41-26(38)35-23-13-8-18(28(30,31)32)14-21(23)25(37)33-15-24(36)34-22-7-5-4-6-17(22)16-42(39,40)20-11-9-19(29)10-12-20/h8-14,17,22H,4-7,15-16H2,1-3H3,(H,33,37)(H,34,36)(H,35,38)/t17-,22-/m0/s1. The van der Waals surface area contributed by atoms with Crippen molar-refractivity contribution in [3.05, 3.63) is 58.1 Å². The predicted octanol–water partition coefficient (Wildman–Crippen LogP) is 5.69. The number of carbonyl (C=O) groups is 3. The Balaban J connectivity index is 1.68. The monoisotopic (exact) mass is 675 g/mol. The third-order valence-corrected chi connectivity index (χ3v) is 8.88. The van der Waals surface area contributed by atoms with Gasteiger partial charge in [0.15, 0.2) is 9.84 Å². The molecule has 1 fully saturated rings. The Morgan fingerprint density at radius 1 is 1.00 bits per heavy atom. The van der Waals surface area contributed by atoms with Crippen molar-refractivity contribution in [1.29, 1.82) is 0 Å². The van der Waals surface area contributed by atoms with Crippen LogP contribution < -0.4 is 16.0 Å². The number of anilines is 1. The molecular formula is C28H33BrF3N3O6S. The molecule has 0 saturated heterocycles. The van der Waals surface area contributed by atoms with Crippen LogP contribution in [0.5, 0.6) is 0 Å². The molecule has 0 unspecified atom stereocenters. The van der Waals surface area contributed by atoms with Crippen molar-refractivity contribution in [3.8, 4) is 0 Å². The number of hydrogen-bond acceptors (Lipinski definition) is 6. The number of hydrogen-bond donors (Lipinski definition) is 3. The van der Waals surface area contributed by atoms with Crippen LogP contribution in [0.4, 0.5) is 23.7 Å². The van der Waals surface area contributed by atoms with E-state index in [-0.39, 0.29) is 22.3 Å². The maximum absolute atomic E-state index is 13.3. The largest absolute Gasteiger partial charge is 0.444 e. The van der Waals surface area contributed by atoms with Crippen LogP contribution in [0.25, 0.3) is 0 Å². The average Bonchev–Trinajstić information content (AvgIpc) is 2.87. The van der Waals surface area contributed by atoms with Crippen molar-refractivity contribution in [1.82, 2.24) is 10.6 Å². The van der Waals surface area contributed by atoms with Crippen molar-refractivity contribution in [2.24, 2.45) is 5.92 Å². The van der Waals surface area contributed by atoms with Crippen LogP contribution >= 0.6 is 15.9 Å². The first-order valence-electron chi connectivity index (χ1n) is 13.2. The summed E-state index contributed by atoms with van der Waals surface area (Å²) in [5.74, 6) is -2.19. The first-order valence-corrected chi connectivity index (χ1v) is 15.7. The van der Waals surface area contributed by atoms with Gasteiger partial charge in [-0.05, 0) is 82.0 Å². The summed E-state index contributed by atoms with van der Waals surface area (Å²) in [6, 6.07) is 8.02. The lowest BCUT2D eigenvalue weighted by Crippen LogP contribution is -2.47. The highest BCUT2D eigenvalue weighted by Crippen LogP contribution is 2.32. The van der Waals surface area contributed by atoms with Crippen molar-refractivity contribution in [2.75, 3.05) is 17.6 Å². The summed E-state index contributed by atoms with van der Waals surface area (Å²) in [4.78, 5) is 38.1. The minimum Gasteiger partial charge on any atom is -0.444 e. The van der Waals surface area contributed by atoms with Gasteiger partial charge in [-0.2, -0.15) is 13.2 Å². The molecule has 14 heteroatoms. The topological polar surface area (TPSA) is 131 Å². The van der Waals surface area contributed by atoms with Gasteiger partial charge >= 0.3 is 12.3 Å². The number of halogens is 4. The van der Waals surface area contributed by atoms with Crippen molar-refractivity contribution in [3.63, 3.8) is 0 Å². The van der Waals surface area contributed by atoms with E-state index in [2.05, 4.69) is 31.9 Å². The first-order chi connectivity index (χ1) is 19.4. The van der Waals surface area contributed by atoms with E-state index in [0.29, 0.717) is 25.0 Å². The lowest BCUT2D eigenvalue weighted by molar-refractivity contribution is -0.137. The number of ether oxygens (including phenoxy) is 1. The second-order valence-electron chi connectivity index (χ2n) is 11.0. The van der Waals surface area contributed by atoms with Gasteiger partial charge in [-0.15, -0.1) is 0 Å². The molecule has 0 aromatic heterocycles. The van der Waals surface area contributed by atoms with Gasteiger partial charge in [0.2, 0.25) is 5.91 Å². The van der Waals surface area contributed by atoms with Gasteiger partial charge < -0.3 is 15.4 Å². The summed E-state index contributed by atoms with van der Waals surface area (Å²) in [5.41, 5.74) is -2.77. The summed E-state index contributed by atoms with van der Waals surface area (Å²) < 4.78 is 71.9. The van der Waals surface area contributed by atoms with E-state index in [0.717, 1.165) is 23.4 Å². The Hall–Kier alpha value is -3.13. The smallest absolute Gasteiger partial charge is 0.416 e. The molecule has 2 atom stereocenters. The molecule has 3 amide bonds. The van der Waals surface area contributed by atoms with E-state index in [1.807, 2.05) is 0 Å². The molecule has 1 aliphatic carbocycles. The highest BCUT2D eigenvalue weighted by atomic mass is 79.9. The highest BCUT2D eigenvalue weighted by Gasteiger charge is 2.33. The zero-order chi connectivity index (χ0) is 31.3. The maximum Gasteiger partial charge on any atom is 0.416 e. The summed E-state index contributed by atoms with van der Waals surface area (Å²) in [5, 5.41) is 7.34. The fourth-order valence-corrected chi connectivity index (χ4v) is 6.53. The van der Waals surface area contributed by atoms with Crippen molar-refractivity contribution >= 4 is 49.4 Å². The third kappa shape index (κ3) is 9.72. The van der Waals surface area contributed by atoms with Gasteiger partial charge in [-0.25, -0.2) is 13.2 Å². The molecule has 42 heavy (non-hydrogen) atoms. The Morgan fingerprint density at radius 2 is 1.64 bits per heavy atom. The summed E-state index contributed by atoms with van der Waals surface area (Å²) >= 11 is 3.28. The average molecular weight is 677 g/mol. The van der Waals surface area contributed by atoms with E-state index in [1.54, 1.807) is 32.9 Å². The Kier molecular flexibility index (Phi) is 10.7. The zero-order valence-corrected chi connectivity index (χ0v) is 25.7. The molecule has 230 valence electrons. The molecule has 3 rings (SSSR count). The van der Waals surface area contributed by atoms with Crippen LogP contribution in [-0.4, -0.2) is 50.3 Å². The van der Waals surface area contributed by atoms with E-state index in [9.17, 15) is 36.0 Å². The van der Waals surface area contributed by atoms with Crippen LogP contribution in [0.15, 0.2) is 51.8 Å². The van der Waals surface area contributed by atoms with Gasteiger partial charge in [0.25, 0.3) is 5.91 Å². The van der Waals surface area contributed by atoms with E-state index >= 15 is 0 Å². The Bertz CT molecular complexity index is 1410. The molecule has 0 aliphatic heterocycles. The minimum atomic E-state index is -4.76. The number of amides is 3. The second-order valence-corrected chi connectivity index (χ2v) is 14.0. The first kappa shape index (κ1) is 33.4. The zero-order valence-electron chi connectivity index (χ0n) is 23.3. The number of benzene rings is 2. The van der Waals surface area contributed by atoms with Crippen LogP contribution in [-0.2, 0) is 25.5 Å². The maximum atomic E-state index is 13.3. The van der Waals surface area contributed by atoms with E-state index in [4.69, 9.17) is 4.74 Å². The van der Waals surface area contributed by atoms with Gasteiger partial charge in [0, 0.05) is 10.5 Å². The summed E-state index contributed by atoms with van der Waals surface area (Å²) in [6.07, 6.45) is -3.04. The van der Waals surface area contributed by atoms with Gasteiger partial charge in [-0.1, -0.05) is 28.8 Å². The molecule has 2 aromatic carbocycles. The number of nitrogens with one attached hydrogen (secondary N) is 3. The second kappa shape index (κ2) is 13.4. The summed E-state index contributed by atoms with van der Waals surface area (Å²) in [6.45, 7) is 4.21. The molecule has 9 nitrogen and oxygen atoms in total. The Morgan fingerprint density at radius 3 is 2.26 bits per heavy atom. The molecule has 0 bridgehead atoms. The minimum absolute atomic E-state index is 0.171. The molecule has 1 aliphatic rings. The fourth-order valence-electron chi connectivity index (χ4n) is 4.56. The van der Waals surface area contributed by atoms with Gasteiger partial charge in [0.1, 0.15) is 5.60 Å². The number of rotatable bonds is 8. The molecule has 1 saturated carbocycles. The SMILES string of the molecule is CC(C)(C)OC(=O)Nc1ccc(C(F)(F)F)cc1C(=O)NCC(=O)N[C@H]1CCCC[C@H]1CS(=O)(=O)c1ccc(Br)cc1. The van der Waals surface area contributed by atoms with Crippen LogP contribution in [0.3, 0.4) is 0 Å². The third-order valence-electron chi connectivity index (χ3n) is 6.50. The normalized spacial score (nSPS) is 17.7. The van der Waals surface area contributed by atoms with E-state index in [1.165, 1.54) is 12.1 Å². The van der Waals surface area contributed by atoms with Crippen LogP contribution in [0.1, 0.15) is 62.4 Å². The lowest BCUT2D eigenvalue weighted by atomic mass is 9.86. The Labute approximate surface area is 251 Å². The van der Waals surface area contributed by atoms with Gasteiger partial charge in [-0.3, -0.25) is 14.9 Å². The molecular weight excluding hydrogens is 643 g/mol. The number of sulfone groups is 1. The van der Waals surface area contributed by atoms with E-state index < -0.39 is 63.2 Å². The number of alkyl halides is 3. The van der Waals surface area contributed by atoms with Gasteiger partial charge in [0.05, 0.1) is 34.0 Å². The van der Waals surface area contributed by atoms with Crippen LogP contribution in [0.2, 0.25) is 0 Å².